The molecule has 0 aromatic carbocycles. The standard InChI is InChI=1S/C13H19N3O4/c1-20-12-7-6-11(16(18)19)13(14-12)15-8-4-2-3-5-10(15)9-17/h6-7,10,17H,2-5,8-9H2,1H3. The van der Waals surface area contributed by atoms with Crippen molar-refractivity contribution >= 4 is 11.5 Å². The molecule has 0 spiro atoms. The van der Waals surface area contributed by atoms with Crippen LogP contribution in [0.25, 0.3) is 0 Å². The number of ether oxygens (including phenoxy) is 1. The van der Waals surface area contributed by atoms with Crippen LogP contribution in [-0.4, -0.2) is 41.3 Å². The number of nitrogens with zero attached hydrogens (tertiary/aromatic N) is 3. The Kier molecular flexibility index (Phi) is 4.73. The fraction of sp³-hybridized carbons (Fsp3) is 0.615. The molecule has 1 aromatic heterocycles. The SMILES string of the molecule is COc1ccc([N+](=O)[O-])c(N2CCCCCC2CO)n1. The molecule has 7 heteroatoms. The highest BCUT2D eigenvalue weighted by Crippen LogP contribution is 2.32. The second kappa shape index (κ2) is 6.51. The summed E-state index contributed by atoms with van der Waals surface area (Å²) in [5.41, 5.74) is -0.0499. The van der Waals surface area contributed by atoms with Gasteiger partial charge in [-0.05, 0) is 12.8 Å². The maximum Gasteiger partial charge on any atom is 0.311 e. The molecule has 2 rings (SSSR count). The van der Waals surface area contributed by atoms with E-state index >= 15 is 0 Å². The largest absolute Gasteiger partial charge is 0.481 e. The molecule has 1 aliphatic heterocycles. The molecule has 20 heavy (non-hydrogen) atoms. The molecule has 0 amide bonds. The first-order chi connectivity index (χ1) is 9.67. The highest BCUT2D eigenvalue weighted by molar-refractivity contribution is 5.59. The Morgan fingerprint density at radius 3 is 2.95 bits per heavy atom. The highest BCUT2D eigenvalue weighted by Gasteiger charge is 2.28. The van der Waals surface area contributed by atoms with E-state index in [9.17, 15) is 15.2 Å². The fourth-order valence-electron chi connectivity index (χ4n) is 2.54. The number of aromatic nitrogens is 1. The maximum absolute atomic E-state index is 11.2. The van der Waals surface area contributed by atoms with Crippen molar-refractivity contribution in [2.24, 2.45) is 0 Å². The molecule has 1 unspecified atom stereocenters. The summed E-state index contributed by atoms with van der Waals surface area (Å²) in [6.45, 7) is 0.627. The minimum Gasteiger partial charge on any atom is -0.481 e. The first kappa shape index (κ1) is 14.5. The molecule has 0 bridgehead atoms. The molecule has 1 saturated heterocycles. The summed E-state index contributed by atoms with van der Waals surface area (Å²) in [5.74, 6) is 0.627. The van der Waals surface area contributed by atoms with E-state index in [4.69, 9.17) is 4.74 Å². The number of hydrogen-bond acceptors (Lipinski definition) is 6. The van der Waals surface area contributed by atoms with Gasteiger partial charge in [0.25, 0.3) is 0 Å². The Morgan fingerprint density at radius 1 is 1.50 bits per heavy atom. The van der Waals surface area contributed by atoms with Crippen molar-refractivity contribution in [3.05, 3.63) is 22.2 Å². The Morgan fingerprint density at radius 2 is 2.30 bits per heavy atom. The van der Waals surface area contributed by atoms with E-state index in [0.29, 0.717) is 12.4 Å². The van der Waals surface area contributed by atoms with Gasteiger partial charge in [0.05, 0.1) is 24.7 Å². The summed E-state index contributed by atoms with van der Waals surface area (Å²) in [6, 6.07) is 2.75. The molecule has 1 atom stereocenters. The molecule has 2 heterocycles. The smallest absolute Gasteiger partial charge is 0.311 e. The Bertz CT molecular complexity index is 481. The Balaban J connectivity index is 2.43. The van der Waals surface area contributed by atoms with Crippen LogP contribution < -0.4 is 9.64 Å². The highest BCUT2D eigenvalue weighted by atomic mass is 16.6. The van der Waals surface area contributed by atoms with Gasteiger partial charge in [-0.1, -0.05) is 12.8 Å². The van der Waals surface area contributed by atoms with Gasteiger partial charge in [0, 0.05) is 18.7 Å². The number of pyridine rings is 1. The third-order valence-electron chi connectivity index (χ3n) is 3.59. The second-order valence-corrected chi connectivity index (χ2v) is 4.83. The van der Waals surface area contributed by atoms with E-state index in [2.05, 4.69) is 4.98 Å². The average molecular weight is 281 g/mol. The lowest BCUT2D eigenvalue weighted by atomic mass is 10.1. The van der Waals surface area contributed by atoms with Gasteiger partial charge in [-0.15, -0.1) is 0 Å². The van der Waals surface area contributed by atoms with Gasteiger partial charge in [0.1, 0.15) is 0 Å². The number of aliphatic hydroxyl groups excluding tert-OH is 1. The van der Waals surface area contributed by atoms with Crippen LogP contribution in [0.2, 0.25) is 0 Å². The van der Waals surface area contributed by atoms with Crippen LogP contribution in [0.3, 0.4) is 0 Å². The predicted molar refractivity (Wildman–Crippen MR) is 74.1 cm³/mol. The molecule has 110 valence electrons. The fourth-order valence-corrected chi connectivity index (χ4v) is 2.54. The molecule has 7 nitrogen and oxygen atoms in total. The van der Waals surface area contributed by atoms with Crippen molar-refractivity contribution < 1.29 is 14.8 Å². The summed E-state index contributed by atoms with van der Waals surface area (Å²) in [6.07, 6.45) is 3.82. The molecular weight excluding hydrogens is 262 g/mol. The summed E-state index contributed by atoms with van der Waals surface area (Å²) < 4.78 is 5.06. The number of hydrogen-bond donors (Lipinski definition) is 1. The van der Waals surface area contributed by atoms with Crippen LogP contribution >= 0.6 is 0 Å². The molecule has 0 radical (unpaired) electrons. The number of nitro groups is 1. The topological polar surface area (TPSA) is 88.7 Å². The molecule has 1 aromatic rings. The number of methoxy groups -OCH3 is 1. The van der Waals surface area contributed by atoms with Crippen molar-refractivity contribution in [1.29, 1.82) is 0 Å². The molecule has 1 fully saturated rings. The minimum absolute atomic E-state index is 0.0317. The lowest BCUT2D eigenvalue weighted by Gasteiger charge is -2.29. The average Bonchev–Trinajstić information content (AvgIpc) is 2.71. The lowest BCUT2D eigenvalue weighted by Crippen LogP contribution is -2.38. The van der Waals surface area contributed by atoms with Gasteiger partial charge in [0.15, 0.2) is 0 Å². The van der Waals surface area contributed by atoms with Crippen molar-refractivity contribution in [2.45, 2.75) is 31.7 Å². The van der Waals surface area contributed by atoms with E-state index in [0.717, 1.165) is 25.7 Å². The van der Waals surface area contributed by atoms with E-state index in [-0.39, 0.29) is 24.2 Å². The summed E-state index contributed by atoms with van der Waals surface area (Å²) in [7, 11) is 1.48. The van der Waals surface area contributed by atoms with Crippen LogP contribution in [0.5, 0.6) is 5.88 Å². The van der Waals surface area contributed by atoms with Gasteiger partial charge in [-0.3, -0.25) is 10.1 Å². The van der Waals surface area contributed by atoms with Crippen molar-refractivity contribution in [3.63, 3.8) is 0 Å². The Hall–Kier alpha value is -1.89. The molecule has 1 aliphatic rings. The molecular formula is C13H19N3O4. The molecule has 1 N–H and O–H groups in total. The monoisotopic (exact) mass is 281 g/mol. The second-order valence-electron chi connectivity index (χ2n) is 4.83. The zero-order valence-corrected chi connectivity index (χ0v) is 11.5. The van der Waals surface area contributed by atoms with Crippen molar-refractivity contribution in [3.8, 4) is 5.88 Å². The van der Waals surface area contributed by atoms with Crippen molar-refractivity contribution in [2.75, 3.05) is 25.2 Å². The summed E-state index contributed by atoms with van der Waals surface area (Å²) >= 11 is 0. The number of aliphatic hydroxyl groups is 1. The third kappa shape index (κ3) is 2.98. The van der Waals surface area contributed by atoms with Gasteiger partial charge in [0.2, 0.25) is 11.7 Å². The first-order valence-electron chi connectivity index (χ1n) is 6.74. The van der Waals surface area contributed by atoms with E-state index in [1.807, 2.05) is 4.90 Å². The van der Waals surface area contributed by atoms with Gasteiger partial charge in [-0.2, -0.15) is 4.98 Å². The normalized spacial score (nSPS) is 19.5. The van der Waals surface area contributed by atoms with Crippen LogP contribution in [0.1, 0.15) is 25.7 Å². The van der Waals surface area contributed by atoms with Crippen molar-refractivity contribution in [1.82, 2.24) is 4.98 Å². The van der Waals surface area contributed by atoms with Crippen LogP contribution in [0.4, 0.5) is 11.5 Å². The zero-order valence-electron chi connectivity index (χ0n) is 11.5. The lowest BCUT2D eigenvalue weighted by molar-refractivity contribution is -0.384. The number of anilines is 1. The van der Waals surface area contributed by atoms with Crippen LogP contribution in [0.15, 0.2) is 12.1 Å². The van der Waals surface area contributed by atoms with Gasteiger partial charge < -0.3 is 14.7 Å². The molecule has 0 saturated carbocycles. The predicted octanol–water partition coefficient (Wildman–Crippen LogP) is 1.74. The van der Waals surface area contributed by atoms with E-state index < -0.39 is 4.92 Å². The zero-order chi connectivity index (χ0) is 14.5. The van der Waals surface area contributed by atoms with Gasteiger partial charge in [-0.25, -0.2) is 0 Å². The molecule has 0 aliphatic carbocycles. The van der Waals surface area contributed by atoms with E-state index in [1.165, 1.54) is 19.2 Å². The summed E-state index contributed by atoms with van der Waals surface area (Å²) in [4.78, 5) is 16.8. The van der Waals surface area contributed by atoms with E-state index in [1.54, 1.807) is 0 Å². The summed E-state index contributed by atoms with van der Waals surface area (Å²) in [5, 5.41) is 20.7. The maximum atomic E-state index is 11.2. The third-order valence-corrected chi connectivity index (χ3v) is 3.59. The van der Waals surface area contributed by atoms with Crippen LogP contribution in [-0.2, 0) is 0 Å². The number of rotatable bonds is 4. The van der Waals surface area contributed by atoms with Gasteiger partial charge >= 0.3 is 5.69 Å². The quantitative estimate of drug-likeness (QED) is 0.668. The van der Waals surface area contributed by atoms with Crippen LogP contribution in [0, 0.1) is 10.1 Å². The minimum atomic E-state index is -0.443. The Labute approximate surface area is 117 Å². The first-order valence-corrected chi connectivity index (χ1v) is 6.74.